The minimum absolute atomic E-state index is 0.149. The Labute approximate surface area is 162 Å². The highest BCUT2D eigenvalue weighted by molar-refractivity contribution is 5.90. The highest BCUT2D eigenvalue weighted by Crippen LogP contribution is 2.23. The molecule has 1 fully saturated rings. The molecule has 0 spiro atoms. The number of anilines is 2. The number of fused-ring (bicyclic) bond motifs is 1. The van der Waals surface area contributed by atoms with Crippen LogP contribution in [0, 0.1) is 12.8 Å². The second-order valence-electron chi connectivity index (χ2n) is 7.49. The van der Waals surface area contributed by atoms with E-state index in [0.717, 1.165) is 25.1 Å². The summed E-state index contributed by atoms with van der Waals surface area (Å²) in [5, 5.41) is 7.21. The van der Waals surface area contributed by atoms with Crippen LogP contribution in [0.3, 0.4) is 0 Å². The van der Waals surface area contributed by atoms with Gasteiger partial charge in [-0.2, -0.15) is 0 Å². The fourth-order valence-corrected chi connectivity index (χ4v) is 3.62. The van der Waals surface area contributed by atoms with Gasteiger partial charge in [0.05, 0.1) is 0 Å². The maximum Gasteiger partial charge on any atom is 0.350 e. The SMILES string of the molecule is Cc1ccc(NC(=O)Cn2nc3c(N4CCC[C@H](C)C4)nccn3c2=O)cc1. The van der Waals surface area contributed by atoms with Crippen LogP contribution in [0.2, 0.25) is 0 Å². The first-order valence-electron chi connectivity index (χ1n) is 9.57. The van der Waals surface area contributed by atoms with Gasteiger partial charge >= 0.3 is 5.69 Å². The maximum absolute atomic E-state index is 12.7. The Balaban J connectivity index is 1.59. The second kappa shape index (κ2) is 7.46. The smallest absolute Gasteiger partial charge is 0.350 e. The summed E-state index contributed by atoms with van der Waals surface area (Å²) in [4.78, 5) is 31.7. The van der Waals surface area contributed by atoms with Crippen LogP contribution in [0.5, 0.6) is 0 Å². The lowest BCUT2D eigenvalue weighted by Gasteiger charge is -2.31. The molecule has 3 heterocycles. The van der Waals surface area contributed by atoms with Crippen LogP contribution in [0.1, 0.15) is 25.3 Å². The molecule has 1 aromatic carbocycles. The zero-order valence-corrected chi connectivity index (χ0v) is 16.1. The van der Waals surface area contributed by atoms with E-state index < -0.39 is 0 Å². The van der Waals surface area contributed by atoms with E-state index in [9.17, 15) is 9.59 Å². The summed E-state index contributed by atoms with van der Waals surface area (Å²) in [5.74, 6) is 0.976. The average Bonchev–Trinajstić information content (AvgIpc) is 2.99. The number of hydrogen-bond acceptors (Lipinski definition) is 5. The molecule has 0 saturated carbocycles. The van der Waals surface area contributed by atoms with Gasteiger partial charge in [-0.1, -0.05) is 24.6 Å². The molecule has 1 aliphatic heterocycles. The lowest BCUT2D eigenvalue weighted by atomic mass is 10.0. The third-order valence-electron chi connectivity index (χ3n) is 5.07. The monoisotopic (exact) mass is 380 g/mol. The largest absolute Gasteiger partial charge is 0.353 e. The topological polar surface area (TPSA) is 84.5 Å². The number of benzene rings is 1. The molecular formula is C20H24N6O2. The molecule has 0 radical (unpaired) electrons. The van der Waals surface area contributed by atoms with E-state index in [-0.39, 0.29) is 18.1 Å². The first-order chi connectivity index (χ1) is 13.5. The van der Waals surface area contributed by atoms with Crippen LogP contribution >= 0.6 is 0 Å². The summed E-state index contributed by atoms with van der Waals surface area (Å²) in [6.07, 6.45) is 5.49. The van der Waals surface area contributed by atoms with Gasteiger partial charge in [0.25, 0.3) is 0 Å². The molecule has 1 N–H and O–H groups in total. The molecule has 1 atom stereocenters. The van der Waals surface area contributed by atoms with Gasteiger partial charge in [0.2, 0.25) is 11.6 Å². The van der Waals surface area contributed by atoms with Gasteiger partial charge in [0, 0.05) is 31.2 Å². The van der Waals surface area contributed by atoms with Crippen molar-refractivity contribution in [2.24, 2.45) is 5.92 Å². The lowest BCUT2D eigenvalue weighted by molar-refractivity contribution is -0.117. The summed E-state index contributed by atoms with van der Waals surface area (Å²) in [5.41, 5.74) is 1.95. The molecule has 1 aliphatic rings. The molecule has 4 rings (SSSR count). The normalized spacial score (nSPS) is 17.1. The van der Waals surface area contributed by atoms with E-state index in [4.69, 9.17) is 0 Å². The molecule has 3 aromatic rings. The Morgan fingerprint density at radius 1 is 1.29 bits per heavy atom. The molecule has 146 valence electrons. The zero-order chi connectivity index (χ0) is 19.7. The standard InChI is InChI=1S/C20H24N6O2/c1-14-5-7-16(8-6-14)22-17(27)13-26-20(28)25-11-9-21-18(19(25)23-26)24-10-3-4-15(2)12-24/h5-9,11,15H,3-4,10,12-13H2,1-2H3,(H,22,27)/t15-/m0/s1. The van der Waals surface area contributed by atoms with Gasteiger partial charge in [-0.25, -0.2) is 18.9 Å². The summed E-state index contributed by atoms with van der Waals surface area (Å²) in [7, 11) is 0. The quantitative estimate of drug-likeness (QED) is 0.749. The van der Waals surface area contributed by atoms with Crippen LogP contribution in [-0.2, 0) is 11.3 Å². The van der Waals surface area contributed by atoms with E-state index >= 15 is 0 Å². The number of carbonyl (C=O) groups excluding carboxylic acids is 1. The van der Waals surface area contributed by atoms with Crippen molar-refractivity contribution in [1.82, 2.24) is 19.2 Å². The van der Waals surface area contributed by atoms with Crippen LogP contribution in [-0.4, -0.2) is 38.2 Å². The maximum atomic E-state index is 12.7. The Hall–Kier alpha value is -3.16. The molecule has 0 aliphatic carbocycles. The van der Waals surface area contributed by atoms with Gasteiger partial charge < -0.3 is 10.2 Å². The van der Waals surface area contributed by atoms with Gasteiger partial charge in [-0.15, -0.1) is 5.10 Å². The fourth-order valence-electron chi connectivity index (χ4n) is 3.62. The van der Waals surface area contributed by atoms with Gasteiger partial charge in [-0.05, 0) is 37.8 Å². The molecule has 0 unspecified atom stereocenters. The first kappa shape index (κ1) is 18.2. The predicted molar refractivity (Wildman–Crippen MR) is 108 cm³/mol. The van der Waals surface area contributed by atoms with Crippen LogP contribution in [0.4, 0.5) is 11.5 Å². The summed E-state index contributed by atoms with van der Waals surface area (Å²) in [6.45, 7) is 5.83. The lowest BCUT2D eigenvalue weighted by Crippen LogP contribution is -2.35. The van der Waals surface area contributed by atoms with Crippen LogP contribution in [0.25, 0.3) is 5.65 Å². The third-order valence-corrected chi connectivity index (χ3v) is 5.07. The number of nitrogens with one attached hydrogen (secondary N) is 1. The van der Waals surface area contributed by atoms with Crippen LogP contribution in [0.15, 0.2) is 41.5 Å². The van der Waals surface area contributed by atoms with E-state index in [0.29, 0.717) is 23.1 Å². The minimum atomic E-state index is -0.345. The number of rotatable bonds is 4. The molecule has 8 nitrogen and oxygen atoms in total. The van der Waals surface area contributed by atoms with Crippen molar-refractivity contribution in [2.75, 3.05) is 23.3 Å². The van der Waals surface area contributed by atoms with Gasteiger partial charge in [-0.3, -0.25) is 4.79 Å². The van der Waals surface area contributed by atoms with Crippen LogP contribution < -0.4 is 15.9 Å². The van der Waals surface area contributed by atoms with Gasteiger partial charge in [0.15, 0.2) is 5.82 Å². The van der Waals surface area contributed by atoms with E-state index in [1.54, 1.807) is 12.4 Å². The zero-order valence-electron chi connectivity index (χ0n) is 16.1. The Kier molecular flexibility index (Phi) is 4.85. The summed E-state index contributed by atoms with van der Waals surface area (Å²) >= 11 is 0. The number of aromatic nitrogens is 4. The van der Waals surface area contributed by atoms with Crippen molar-refractivity contribution in [3.05, 3.63) is 52.7 Å². The molecular weight excluding hydrogens is 356 g/mol. The number of aryl methyl sites for hydroxylation is 1. The van der Waals surface area contributed by atoms with Crippen molar-refractivity contribution in [1.29, 1.82) is 0 Å². The Morgan fingerprint density at radius 3 is 2.82 bits per heavy atom. The van der Waals surface area contributed by atoms with Crippen molar-refractivity contribution < 1.29 is 4.79 Å². The fraction of sp³-hybridized carbons (Fsp3) is 0.400. The average molecular weight is 380 g/mol. The number of hydrogen-bond donors (Lipinski definition) is 1. The molecule has 0 bridgehead atoms. The molecule has 1 amide bonds. The highest BCUT2D eigenvalue weighted by atomic mass is 16.2. The molecule has 2 aromatic heterocycles. The number of amides is 1. The van der Waals surface area contributed by atoms with Crippen molar-refractivity contribution in [3.63, 3.8) is 0 Å². The van der Waals surface area contributed by atoms with Gasteiger partial charge in [0.1, 0.15) is 6.54 Å². The van der Waals surface area contributed by atoms with E-state index in [2.05, 4.69) is 27.2 Å². The number of piperidine rings is 1. The van der Waals surface area contributed by atoms with Crippen molar-refractivity contribution in [2.45, 2.75) is 33.2 Å². The van der Waals surface area contributed by atoms with Crippen molar-refractivity contribution in [3.8, 4) is 0 Å². The first-order valence-corrected chi connectivity index (χ1v) is 9.57. The van der Waals surface area contributed by atoms with E-state index in [1.165, 1.54) is 15.5 Å². The molecule has 8 heteroatoms. The molecule has 1 saturated heterocycles. The third kappa shape index (κ3) is 3.62. The predicted octanol–water partition coefficient (Wildman–Crippen LogP) is 2.07. The molecule has 28 heavy (non-hydrogen) atoms. The Bertz CT molecular complexity index is 1050. The summed E-state index contributed by atoms with van der Waals surface area (Å²) in [6, 6.07) is 7.51. The highest BCUT2D eigenvalue weighted by Gasteiger charge is 2.22. The minimum Gasteiger partial charge on any atom is -0.353 e. The summed E-state index contributed by atoms with van der Waals surface area (Å²) < 4.78 is 2.65. The van der Waals surface area contributed by atoms with Crippen molar-refractivity contribution >= 4 is 23.1 Å². The Morgan fingerprint density at radius 2 is 2.07 bits per heavy atom. The second-order valence-corrected chi connectivity index (χ2v) is 7.49. The number of nitrogens with zero attached hydrogens (tertiary/aromatic N) is 5. The van der Waals surface area contributed by atoms with E-state index in [1.807, 2.05) is 31.2 Å². The number of carbonyl (C=O) groups is 1.